The Morgan fingerprint density at radius 3 is 2.32 bits per heavy atom. The molecule has 1 fully saturated rings. The number of hydrogen-bond acceptors (Lipinski definition) is 6. The summed E-state index contributed by atoms with van der Waals surface area (Å²) in [6, 6.07) is 17.9. The van der Waals surface area contributed by atoms with Crippen LogP contribution in [0.5, 0.6) is 5.75 Å². The number of carbonyl (C=O) groups excluding carboxylic acids is 3. The summed E-state index contributed by atoms with van der Waals surface area (Å²) in [4.78, 5) is 42.7. The molecule has 0 atom stereocenters. The van der Waals surface area contributed by atoms with Gasteiger partial charge in [-0.2, -0.15) is 0 Å². The molecule has 0 unspecified atom stereocenters. The Balaban J connectivity index is 1.60. The average Bonchev–Trinajstić information content (AvgIpc) is 2.93. The first-order valence-electron chi connectivity index (χ1n) is 12.4. The fraction of sp³-hybridized carbons (Fsp3) is 0.276. The van der Waals surface area contributed by atoms with Crippen molar-refractivity contribution in [2.45, 2.75) is 13.8 Å². The SMILES string of the molecule is CCOC(=O)c1ccc(N2CCN(C(=O)c3ccccc3)CC2)c(NC(=O)c2cc(Br)cc(C)c2OC)c1. The van der Waals surface area contributed by atoms with E-state index < -0.39 is 5.97 Å². The Labute approximate surface area is 230 Å². The number of halogens is 1. The summed E-state index contributed by atoms with van der Waals surface area (Å²) in [5.74, 6) is -0.370. The van der Waals surface area contributed by atoms with Crippen molar-refractivity contribution in [2.75, 3.05) is 50.1 Å². The van der Waals surface area contributed by atoms with Gasteiger partial charge in [0.1, 0.15) is 5.75 Å². The first-order valence-corrected chi connectivity index (χ1v) is 13.2. The average molecular weight is 580 g/mol. The van der Waals surface area contributed by atoms with Crippen molar-refractivity contribution in [3.05, 3.63) is 87.4 Å². The third-order valence-corrected chi connectivity index (χ3v) is 6.83. The van der Waals surface area contributed by atoms with Crippen molar-refractivity contribution >= 4 is 45.1 Å². The molecule has 3 aromatic carbocycles. The first kappa shape index (κ1) is 27.2. The molecule has 1 saturated heterocycles. The van der Waals surface area contributed by atoms with Crippen LogP contribution in [0.15, 0.2) is 65.1 Å². The maximum atomic E-state index is 13.4. The van der Waals surface area contributed by atoms with Crippen LogP contribution in [0.4, 0.5) is 11.4 Å². The Bertz CT molecular complexity index is 1340. The predicted octanol–water partition coefficient (Wildman–Crippen LogP) is 5.16. The minimum absolute atomic E-state index is 0.00597. The van der Waals surface area contributed by atoms with Crippen LogP contribution in [0.2, 0.25) is 0 Å². The Morgan fingerprint density at radius 2 is 1.66 bits per heavy atom. The van der Waals surface area contributed by atoms with Crippen LogP contribution in [0.1, 0.15) is 43.6 Å². The molecular weight excluding hydrogens is 550 g/mol. The lowest BCUT2D eigenvalue weighted by Gasteiger charge is -2.37. The molecule has 4 rings (SSSR count). The topological polar surface area (TPSA) is 88.2 Å². The van der Waals surface area contributed by atoms with E-state index >= 15 is 0 Å². The molecule has 2 amide bonds. The summed E-state index contributed by atoms with van der Waals surface area (Å²) in [7, 11) is 1.52. The van der Waals surface area contributed by atoms with Gasteiger partial charge >= 0.3 is 5.97 Å². The summed E-state index contributed by atoms with van der Waals surface area (Å²) >= 11 is 3.45. The Morgan fingerprint density at radius 1 is 0.947 bits per heavy atom. The van der Waals surface area contributed by atoms with Crippen LogP contribution in [-0.4, -0.2) is 62.6 Å². The van der Waals surface area contributed by atoms with Gasteiger partial charge in [-0.3, -0.25) is 9.59 Å². The molecule has 38 heavy (non-hydrogen) atoms. The van der Waals surface area contributed by atoms with Crippen LogP contribution in [-0.2, 0) is 4.74 Å². The van der Waals surface area contributed by atoms with E-state index in [0.29, 0.717) is 54.3 Å². The highest BCUT2D eigenvalue weighted by atomic mass is 79.9. The lowest BCUT2D eigenvalue weighted by molar-refractivity contribution is 0.0526. The molecule has 0 saturated carbocycles. The zero-order valence-corrected chi connectivity index (χ0v) is 23.2. The number of amides is 2. The highest BCUT2D eigenvalue weighted by Gasteiger charge is 2.25. The van der Waals surface area contributed by atoms with Crippen molar-refractivity contribution in [3.63, 3.8) is 0 Å². The second-order valence-electron chi connectivity index (χ2n) is 8.86. The molecule has 1 aliphatic heterocycles. The molecular formula is C29H30BrN3O5. The standard InChI is InChI=1S/C29H30BrN3O5/c1-4-38-29(36)21-10-11-25(32-12-14-33(15-13-32)28(35)20-8-6-5-7-9-20)24(17-21)31-27(34)23-18-22(30)16-19(2)26(23)37-3/h5-11,16-18H,4,12-15H2,1-3H3,(H,31,34). The molecule has 0 radical (unpaired) electrons. The summed E-state index contributed by atoms with van der Waals surface area (Å²) in [5, 5.41) is 2.98. The molecule has 1 heterocycles. The highest BCUT2D eigenvalue weighted by Crippen LogP contribution is 2.32. The summed E-state index contributed by atoms with van der Waals surface area (Å²) < 4.78 is 11.4. The van der Waals surface area contributed by atoms with E-state index in [2.05, 4.69) is 26.1 Å². The lowest BCUT2D eigenvalue weighted by atomic mass is 10.1. The van der Waals surface area contributed by atoms with Gasteiger partial charge in [-0.15, -0.1) is 0 Å². The monoisotopic (exact) mass is 579 g/mol. The number of methoxy groups -OCH3 is 1. The normalized spacial score (nSPS) is 13.2. The van der Waals surface area contributed by atoms with Crippen molar-refractivity contribution < 1.29 is 23.9 Å². The number of anilines is 2. The molecule has 8 nitrogen and oxygen atoms in total. The Kier molecular flexibility index (Phi) is 8.68. The van der Waals surface area contributed by atoms with Gasteiger partial charge in [0.15, 0.2) is 0 Å². The van der Waals surface area contributed by atoms with Crippen molar-refractivity contribution in [2.24, 2.45) is 0 Å². The quantitative estimate of drug-likeness (QED) is 0.389. The van der Waals surface area contributed by atoms with Crippen molar-refractivity contribution in [1.82, 2.24) is 4.90 Å². The zero-order chi connectivity index (χ0) is 27.2. The third-order valence-electron chi connectivity index (χ3n) is 6.37. The van der Waals surface area contributed by atoms with E-state index in [1.165, 1.54) is 7.11 Å². The van der Waals surface area contributed by atoms with Crippen molar-refractivity contribution in [3.8, 4) is 5.75 Å². The van der Waals surface area contributed by atoms with Crippen LogP contribution < -0.4 is 15.0 Å². The lowest BCUT2D eigenvalue weighted by Crippen LogP contribution is -2.49. The number of aryl methyl sites for hydroxylation is 1. The highest BCUT2D eigenvalue weighted by molar-refractivity contribution is 9.10. The molecule has 9 heteroatoms. The molecule has 198 valence electrons. The number of nitrogens with one attached hydrogen (secondary N) is 1. The van der Waals surface area contributed by atoms with E-state index in [0.717, 1.165) is 15.7 Å². The van der Waals surface area contributed by atoms with Gasteiger partial charge in [0.2, 0.25) is 0 Å². The van der Waals surface area contributed by atoms with E-state index in [9.17, 15) is 14.4 Å². The Hall–Kier alpha value is -3.85. The second kappa shape index (κ2) is 12.1. The van der Waals surface area contributed by atoms with Gasteiger partial charge in [-0.05, 0) is 61.9 Å². The maximum absolute atomic E-state index is 13.4. The number of hydrogen-bond donors (Lipinski definition) is 1. The smallest absolute Gasteiger partial charge is 0.338 e. The fourth-order valence-electron chi connectivity index (χ4n) is 4.53. The molecule has 0 aromatic heterocycles. The van der Waals surface area contributed by atoms with Crippen LogP contribution in [0.3, 0.4) is 0 Å². The number of piperazine rings is 1. The van der Waals surface area contributed by atoms with Crippen LogP contribution in [0.25, 0.3) is 0 Å². The first-order chi connectivity index (χ1) is 18.3. The second-order valence-corrected chi connectivity index (χ2v) is 9.77. The van der Waals surface area contributed by atoms with E-state index in [-0.39, 0.29) is 18.4 Å². The summed E-state index contributed by atoms with van der Waals surface area (Å²) in [6.45, 7) is 6.04. The summed E-state index contributed by atoms with van der Waals surface area (Å²) in [5.41, 5.74) is 3.40. The van der Waals surface area contributed by atoms with E-state index in [1.54, 1.807) is 31.2 Å². The minimum Gasteiger partial charge on any atom is -0.496 e. The number of rotatable bonds is 7. The predicted molar refractivity (Wildman–Crippen MR) is 150 cm³/mol. The van der Waals surface area contributed by atoms with Crippen molar-refractivity contribution in [1.29, 1.82) is 0 Å². The van der Waals surface area contributed by atoms with E-state index in [1.807, 2.05) is 48.2 Å². The molecule has 1 N–H and O–H groups in total. The number of esters is 1. The zero-order valence-electron chi connectivity index (χ0n) is 21.6. The van der Waals surface area contributed by atoms with Crippen LogP contribution >= 0.6 is 15.9 Å². The van der Waals surface area contributed by atoms with Gasteiger partial charge in [-0.25, -0.2) is 4.79 Å². The van der Waals surface area contributed by atoms with E-state index in [4.69, 9.17) is 9.47 Å². The number of carbonyl (C=O) groups is 3. The van der Waals surface area contributed by atoms with Gasteiger partial charge in [-0.1, -0.05) is 34.1 Å². The van der Waals surface area contributed by atoms with Gasteiger partial charge in [0, 0.05) is 36.2 Å². The molecule has 0 aliphatic carbocycles. The minimum atomic E-state index is -0.469. The molecule has 3 aromatic rings. The van der Waals surface area contributed by atoms with Crippen LogP contribution in [0, 0.1) is 6.92 Å². The van der Waals surface area contributed by atoms with Gasteiger partial charge in [0.05, 0.1) is 36.2 Å². The van der Waals surface area contributed by atoms with Gasteiger partial charge < -0.3 is 24.6 Å². The third kappa shape index (κ3) is 5.99. The van der Waals surface area contributed by atoms with Gasteiger partial charge in [0.25, 0.3) is 11.8 Å². The largest absolute Gasteiger partial charge is 0.496 e. The number of ether oxygens (including phenoxy) is 2. The number of benzene rings is 3. The summed E-state index contributed by atoms with van der Waals surface area (Å²) in [6.07, 6.45) is 0. The molecule has 0 spiro atoms. The fourth-order valence-corrected chi connectivity index (χ4v) is 5.10. The molecule has 1 aliphatic rings. The molecule has 0 bridgehead atoms. The number of nitrogens with zero attached hydrogens (tertiary/aromatic N) is 2. The maximum Gasteiger partial charge on any atom is 0.338 e.